The summed E-state index contributed by atoms with van der Waals surface area (Å²) in [6.45, 7) is 2.86. The third-order valence-electron chi connectivity index (χ3n) is 2.51. The molecule has 12 heavy (non-hydrogen) atoms. The molecule has 1 aromatic rings. The van der Waals surface area contributed by atoms with Crippen molar-refractivity contribution in [1.29, 1.82) is 0 Å². The zero-order chi connectivity index (χ0) is 8.55. The minimum atomic E-state index is -0.195. The third kappa shape index (κ3) is 1.03. The molecule has 0 bridgehead atoms. The zero-order valence-corrected chi connectivity index (χ0v) is 7.14. The fraction of sp³-hybridized carbons (Fsp3) is 0.750. The number of rotatable bonds is 2. The van der Waals surface area contributed by atoms with Crippen LogP contribution in [0.25, 0.3) is 0 Å². The second-order valence-electron chi connectivity index (χ2n) is 3.19. The first kappa shape index (κ1) is 7.73. The highest BCUT2D eigenvalue weighted by Crippen LogP contribution is 2.35. The maximum Gasteiger partial charge on any atom is 0.138 e. The Morgan fingerprint density at radius 3 is 3.00 bits per heavy atom. The Labute approximate surface area is 71.2 Å². The van der Waals surface area contributed by atoms with E-state index in [-0.39, 0.29) is 12.0 Å². The van der Waals surface area contributed by atoms with Gasteiger partial charge in [-0.1, -0.05) is 0 Å². The predicted octanol–water partition coefficient (Wildman–Crippen LogP) is 0.536. The molecule has 1 N–H and O–H groups in total. The number of aryl methyl sites for hydroxylation is 1. The lowest BCUT2D eigenvalue weighted by Crippen LogP contribution is -2.31. The number of nitrogens with zero attached hydrogens (tertiary/aromatic N) is 3. The largest absolute Gasteiger partial charge is 0.392 e. The van der Waals surface area contributed by atoms with E-state index >= 15 is 0 Å². The van der Waals surface area contributed by atoms with Crippen LogP contribution in [0, 0.1) is 0 Å². The van der Waals surface area contributed by atoms with E-state index < -0.39 is 0 Å². The molecular weight excluding hydrogens is 154 g/mol. The lowest BCUT2D eigenvalue weighted by molar-refractivity contribution is 0.0600. The number of hydrogen-bond donors (Lipinski definition) is 1. The fourth-order valence-corrected chi connectivity index (χ4v) is 1.59. The lowest BCUT2D eigenvalue weighted by Gasteiger charge is -2.31. The van der Waals surface area contributed by atoms with Crippen molar-refractivity contribution < 1.29 is 5.11 Å². The summed E-state index contributed by atoms with van der Waals surface area (Å²) < 4.78 is 1.85. The molecule has 66 valence electrons. The first-order valence-electron chi connectivity index (χ1n) is 4.38. The van der Waals surface area contributed by atoms with Gasteiger partial charge in [0, 0.05) is 12.5 Å². The van der Waals surface area contributed by atoms with Crippen LogP contribution >= 0.6 is 0 Å². The van der Waals surface area contributed by atoms with Gasteiger partial charge in [-0.2, -0.15) is 5.10 Å². The molecule has 2 atom stereocenters. The molecule has 4 nitrogen and oxygen atoms in total. The highest BCUT2D eigenvalue weighted by molar-refractivity contribution is 5.04. The van der Waals surface area contributed by atoms with Crippen LogP contribution in [0.5, 0.6) is 0 Å². The van der Waals surface area contributed by atoms with E-state index in [2.05, 4.69) is 10.1 Å². The van der Waals surface area contributed by atoms with Crippen molar-refractivity contribution in [3.63, 3.8) is 0 Å². The van der Waals surface area contributed by atoms with E-state index in [4.69, 9.17) is 0 Å². The molecule has 4 heteroatoms. The van der Waals surface area contributed by atoms with Gasteiger partial charge in [-0.15, -0.1) is 0 Å². The summed E-state index contributed by atoms with van der Waals surface area (Å²) >= 11 is 0. The van der Waals surface area contributed by atoms with Crippen LogP contribution in [0.15, 0.2) is 6.33 Å². The van der Waals surface area contributed by atoms with E-state index in [0.29, 0.717) is 0 Å². The van der Waals surface area contributed by atoms with Gasteiger partial charge in [-0.05, 0) is 19.8 Å². The van der Waals surface area contributed by atoms with Crippen molar-refractivity contribution in [3.8, 4) is 0 Å². The van der Waals surface area contributed by atoms with Crippen molar-refractivity contribution in [3.05, 3.63) is 12.2 Å². The first-order chi connectivity index (χ1) is 5.83. The quantitative estimate of drug-likeness (QED) is 0.699. The van der Waals surface area contributed by atoms with Crippen molar-refractivity contribution in [2.24, 2.45) is 0 Å². The molecule has 1 aliphatic carbocycles. The monoisotopic (exact) mass is 167 g/mol. The highest BCUT2D eigenvalue weighted by Gasteiger charge is 2.33. The standard InChI is InChI=1S/C8H13N3O/c1-2-11-8(9-5-10-11)6-3-4-7(6)12/h5-7,12H,2-4H2,1H3. The Morgan fingerprint density at radius 2 is 2.50 bits per heavy atom. The van der Waals surface area contributed by atoms with Gasteiger partial charge in [-0.3, -0.25) is 0 Å². The minimum absolute atomic E-state index is 0.195. The first-order valence-corrected chi connectivity index (χ1v) is 4.38. The van der Waals surface area contributed by atoms with Crippen LogP contribution in [-0.4, -0.2) is 26.0 Å². The summed E-state index contributed by atoms with van der Waals surface area (Å²) in [7, 11) is 0. The molecule has 0 radical (unpaired) electrons. The van der Waals surface area contributed by atoms with Crippen molar-refractivity contribution in [2.75, 3.05) is 0 Å². The molecule has 1 aliphatic rings. The topological polar surface area (TPSA) is 50.9 Å². The summed E-state index contributed by atoms with van der Waals surface area (Å²) in [5.41, 5.74) is 0. The van der Waals surface area contributed by atoms with Crippen LogP contribution in [0.4, 0.5) is 0 Å². The molecule has 2 unspecified atom stereocenters. The van der Waals surface area contributed by atoms with Gasteiger partial charge in [0.15, 0.2) is 0 Å². The van der Waals surface area contributed by atoms with Gasteiger partial charge < -0.3 is 5.11 Å². The summed E-state index contributed by atoms with van der Waals surface area (Å²) in [6, 6.07) is 0. The summed E-state index contributed by atoms with van der Waals surface area (Å²) in [4.78, 5) is 4.15. The Morgan fingerprint density at radius 1 is 1.67 bits per heavy atom. The van der Waals surface area contributed by atoms with Crippen molar-refractivity contribution >= 4 is 0 Å². The Bertz CT molecular complexity index is 271. The van der Waals surface area contributed by atoms with Gasteiger partial charge >= 0.3 is 0 Å². The number of aromatic nitrogens is 3. The van der Waals surface area contributed by atoms with E-state index in [0.717, 1.165) is 25.2 Å². The average molecular weight is 167 g/mol. The van der Waals surface area contributed by atoms with Crippen LogP contribution in [0.3, 0.4) is 0 Å². The molecule has 0 spiro atoms. The smallest absolute Gasteiger partial charge is 0.138 e. The van der Waals surface area contributed by atoms with Gasteiger partial charge in [0.05, 0.1) is 6.10 Å². The third-order valence-corrected chi connectivity index (χ3v) is 2.51. The zero-order valence-electron chi connectivity index (χ0n) is 7.14. The van der Waals surface area contributed by atoms with Crippen molar-refractivity contribution in [2.45, 2.75) is 38.3 Å². The van der Waals surface area contributed by atoms with Crippen LogP contribution in [-0.2, 0) is 6.54 Å². The minimum Gasteiger partial charge on any atom is -0.392 e. The summed E-state index contributed by atoms with van der Waals surface area (Å²) in [6.07, 6.45) is 3.31. The molecule has 1 aromatic heterocycles. The van der Waals surface area contributed by atoms with Gasteiger partial charge in [0.2, 0.25) is 0 Å². The van der Waals surface area contributed by atoms with Gasteiger partial charge in [-0.25, -0.2) is 9.67 Å². The lowest BCUT2D eigenvalue weighted by atomic mass is 9.81. The molecule has 0 amide bonds. The molecule has 0 aromatic carbocycles. The Kier molecular flexibility index (Phi) is 1.84. The average Bonchev–Trinajstić information content (AvgIpc) is 2.50. The molecule has 0 saturated heterocycles. The van der Waals surface area contributed by atoms with Crippen LogP contribution in [0.2, 0.25) is 0 Å². The molecule has 1 fully saturated rings. The van der Waals surface area contributed by atoms with E-state index in [1.807, 2.05) is 11.6 Å². The number of hydrogen-bond acceptors (Lipinski definition) is 3. The number of aliphatic hydroxyl groups excluding tert-OH is 1. The van der Waals surface area contributed by atoms with Gasteiger partial charge in [0.25, 0.3) is 0 Å². The SMILES string of the molecule is CCn1ncnc1C1CCC1O. The summed E-state index contributed by atoms with van der Waals surface area (Å²) in [5.74, 6) is 1.17. The van der Waals surface area contributed by atoms with E-state index in [1.165, 1.54) is 0 Å². The second kappa shape index (κ2) is 2.86. The summed E-state index contributed by atoms with van der Waals surface area (Å²) in [5, 5.41) is 13.5. The fourth-order valence-electron chi connectivity index (χ4n) is 1.59. The normalized spacial score (nSPS) is 28.5. The van der Waals surface area contributed by atoms with Gasteiger partial charge in [0.1, 0.15) is 12.2 Å². The number of aliphatic hydroxyl groups is 1. The Balaban J connectivity index is 2.21. The molecular formula is C8H13N3O. The van der Waals surface area contributed by atoms with Crippen LogP contribution in [0.1, 0.15) is 31.5 Å². The molecule has 1 heterocycles. The highest BCUT2D eigenvalue weighted by atomic mass is 16.3. The van der Waals surface area contributed by atoms with E-state index in [1.54, 1.807) is 6.33 Å². The molecule has 0 aliphatic heterocycles. The van der Waals surface area contributed by atoms with Crippen molar-refractivity contribution in [1.82, 2.24) is 14.8 Å². The Hall–Kier alpha value is -0.900. The predicted molar refractivity (Wildman–Crippen MR) is 43.7 cm³/mol. The van der Waals surface area contributed by atoms with Crippen LogP contribution < -0.4 is 0 Å². The molecule has 1 saturated carbocycles. The van der Waals surface area contributed by atoms with E-state index in [9.17, 15) is 5.11 Å². The maximum absolute atomic E-state index is 9.42. The maximum atomic E-state index is 9.42. The second-order valence-corrected chi connectivity index (χ2v) is 3.19. The molecule has 2 rings (SSSR count).